The second-order valence-corrected chi connectivity index (χ2v) is 6.40. The second kappa shape index (κ2) is 4.67. The van der Waals surface area contributed by atoms with E-state index in [2.05, 4.69) is 20.0 Å². The van der Waals surface area contributed by atoms with Crippen LogP contribution in [-0.2, 0) is 13.6 Å². The van der Waals surface area contributed by atoms with Crippen LogP contribution in [0.2, 0.25) is 5.15 Å². The summed E-state index contributed by atoms with van der Waals surface area (Å²) in [5.41, 5.74) is 0.821. The fraction of sp³-hybridized carbons (Fsp3) is 0.643. The summed E-state index contributed by atoms with van der Waals surface area (Å²) >= 11 is 6.25. The molecule has 2 aliphatic rings. The lowest BCUT2D eigenvalue weighted by atomic mass is 10.3. The number of rotatable bonds is 5. The molecule has 0 aliphatic heterocycles. The van der Waals surface area contributed by atoms with Gasteiger partial charge in [-0.15, -0.1) is 0 Å². The standard InChI is InChI=1S/C14H18ClN5/c1-19-14-11(6-16-19)13(15)17-12(18-14)8-20(10-4-5-10)7-9-2-3-9/h6,9-10H,2-5,7-8H2,1H3. The molecule has 4 rings (SSSR count). The zero-order chi connectivity index (χ0) is 13.7. The smallest absolute Gasteiger partial charge is 0.162 e. The summed E-state index contributed by atoms with van der Waals surface area (Å²) in [6.07, 6.45) is 7.12. The topological polar surface area (TPSA) is 46.8 Å². The van der Waals surface area contributed by atoms with E-state index in [-0.39, 0.29) is 0 Å². The second-order valence-electron chi connectivity index (χ2n) is 6.04. The quantitative estimate of drug-likeness (QED) is 0.794. The minimum Gasteiger partial charge on any atom is -0.293 e. The molecule has 2 fully saturated rings. The molecule has 2 heterocycles. The molecule has 0 atom stereocenters. The predicted octanol–water partition coefficient (Wildman–Crippen LogP) is 2.39. The van der Waals surface area contributed by atoms with E-state index in [1.165, 1.54) is 32.2 Å². The molecule has 0 unspecified atom stereocenters. The number of fused-ring (bicyclic) bond motifs is 1. The summed E-state index contributed by atoms with van der Waals surface area (Å²) in [4.78, 5) is 11.6. The molecular formula is C14H18ClN5. The van der Waals surface area contributed by atoms with Gasteiger partial charge in [-0.1, -0.05) is 11.6 Å². The van der Waals surface area contributed by atoms with Gasteiger partial charge in [0.1, 0.15) is 11.0 Å². The van der Waals surface area contributed by atoms with Gasteiger partial charge in [0.05, 0.1) is 18.1 Å². The Morgan fingerprint density at radius 3 is 2.80 bits per heavy atom. The van der Waals surface area contributed by atoms with Crippen LogP contribution in [-0.4, -0.2) is 37.2 Å². The molecule has 0 saturated heterocycles. The van der Waals surface area contributed by atoms with Gasteiger partial charge < -0.3 is 0 Å². The van der Waals surface area contributed by atoms with Crippen LogP contribution < -0.4 is 0 Å². The molecule has 5 nitrogen and oxygen atoms in total. The Hall–Kier alpha value is -1.20. The van der Waals surface area contributed by atoms with Crippen molar-refractivity contribution in [2.45, 2.75) is 38.3 Å². The maximum Gasteiger partial charge on any atom is 0.162 e. The molecule has 0 bridgehead atoms. The van der Waals surface area contributed by atoms with Crippen molar-refractivity contribution in [3.05, 3.63) is 17.2 Å². The van der Waals surface area contributed by atoms with Crippen LogP contribution in [0.15, 0.2) is 6.20 Å². The van der Waals surface area contributed by atoms with E-state index < -0.39 is 0 Å². The van der Waals surface area contributed by atoms with Crippen molar-refractivity contribution >= 4 is 22.6 Å². The van der Waals surface area contributed by atoms with Crippen molar-refractivity contribution < 1.29 is 0 Å². The highest BCUT2D eigenvalue weighted by Crippen LogP contribution is 2.35. The van der Waals surface area contributed by atoms with Crippen molar-refractivity contribution in [3.8, 4) is 0 Å². The van der Waals surface area contributed by atoms with Crippen LogP contribution in [0, 0.1) is 5.92 Å². The van der Waals surface area contributed by atoms with E-state index in [4.69, 9.17) is 11.6 Å². The fourth-order valence-electron chi connectivity index (χ4n) is 2.70. The van der Waals surface area contributed by atoms with Crippen LogP contribution in [0.1, 0.15) is 31.5 Å². The number of aromatic nitrogens is 4. The minimum atomic E-state index is 0.514. The normalized spacial score (nSPS) is 19.1. The van der Waals surface area contributed by atoms with E-state index in [0.717, 1.165) is 35.4 Å². The lowest BCUT2D eigenvalue weighted by Gasteiger charge is -2.20. The van der Waals surface area contributed by atoms with Crippen molar-refractivity contribution in [1.29, 1.82) is 0 Å². The molecular weight excluding hydrogens is 274 g/mol. The maximum atomic E-state index is 6.25. The predicted molar refractivity (Wildman–Crippen MR) is 77.5 cm³/mol. The molecule has 20 heavy (non-hydrogen) atoms. The van der Waals surface area contributed by atoms with E-state index in [1.54, 1.807) is 10.9 Å². The molecule has 0 radical (unpaired) electrons. The van der Waals surface area contributed by atoms with Crippen LogP contribution in [0.5, 0.6) is 0 Å². The fourth-order valence-corrected chi connectivity index (χ4v) is 2.93. The van der Waals surface area contributed by atoms with Crippen molar-refractivity contribution in [1.82, 2.24) is 24.6 Å². The first-order valence-electron chi connectivity index (χ1n) is 7.29. The number of halogens is 1. The number of hydrogen-bond donors (Lipinski definition) is 0. The summed E-state index contributed by atoms with van der Waals surface area (Å²) in [7, 11) is 1.89. The summed E-state index contributed by atoms with van der Waals surface area (Å²) in [6, 6.07) is 0.736. The van der Waals surface area contributed by atoms with Gasteiger partial charge in [0.25, 0.3) is 0 Å². The first kappa shape index (κ1) is 12.5. The average molecular weight is 292 g/mol. The highest BCUT2D eigenvalue weighted by molar-refractivity contribution is 6.33. The Morgan fingerprint density at radius 2 is 2.10 bits per heavy atom. The van der Waals surface area contributed by atoms with Gasteiger partial charge in [-0.05, 0) is 31.6 Å². The summed E-state index contributed by atoms with van der Waals surface area (Å²) in [5.74, 6) is 1.71. The van der Waals surface area contributed by atoms with E-state index >= 15 is 0 Å². The van der Waals surface area contributed by atoms with Crippen LogP contribution >= 0.6 is 11.6 Å². The van der Waals surface area contributed by atoms with Gasteiger partial charge in [-0.2, -0.15) is 5.10 Å². The Morgan fingerprint density at radius 1 is 1.30 bits per heavy atom. The third-order valence-corrected chi connectivity index (χ3v) is 4.48. The third kappa shape index (κ3) is 2.40. The molecule has 2 aliphatic carbocycles. The van der Waals surface area contributed by atoms with Gasteiger partial charge >= 0.3 is 0 Å². The van der Waals surface area contributed by atoms with Crippen molar-refractivity contribution in [3.63, 3.8) is 0 Å². The summed E-state index contributed by atoms with van der Waals surface area (Å²) in [5, 5.41) is 5.54. The maximum absolute atomic E-state index is 6.25. The van der Waals surface area contributed by atoms with Crippen LogP contribution in [0.25, 0.3) is 11.0 Å². The highest BCUT2D eigenvalue weighted by atomic mass is 35.5. The van der Waals surface area contributed by atoms with Crippen LogP contribution in [0.4, 0.5) is 0 Å². The molecule has 106 valence electrons. The Balaban J connectivity index is 1.61. The van der Waals surface area contributed by atoms with Gasteiger partial charge in [0.2, 0.25) is 0 Å². The van der Waals surface area contributed by atoms with E-state index in [0.29, 0.717) is 5.15 Å². The molecule has 0 N–H and O–H groups in total. The van der Waals surface area contributed by atoms with Gasteiger partial charge in [0.15, 0.2) is 5.65 Å². The molecule has 2 aromatic rings. The Bertz CT molecular complexity index is 644. The Labute approximate surface area is 122 Å². The lowest BCUT2D eigenvalue weighted by Crippen LogP contribution is -2.28. The third-order valence-electron chi connectivity index (χ3n) is 4.19. The Kier molecular flexibility index (Phi) is 2.93. The SMILES string of the molecule is Cn1ncc2c(Cl)nc(CN(CC3CC3)C3CC3)nc21. The van der Waals surface area contributed by atoms with Crippen LogP contribution in [0.3, 0.4) is 0 Å². The molecule has 0 spiro atoms. The number of hydrogen-bond acceptors (Lipinski definition) is 4. The number of nitrogens with zero attached hydrogens (tertiary/aromatic N) is 5. The van der Waals surface area contributed by atoms with Gasteiger partial charge in [-0.3, -0.25) is 9.58 Å². The summed E-state index contributed by atoms with van der Waals surface area (Å²) < 4.78 is 1.76. The monoisotopic (exact) mass is 291 g/mol. The molecule has 0 aromatic carbocycles. The lowest BCUT2D eigenvalue weighted by molar-refractivity contribution is 0.238. The zero-order valence-corrected chi connectivity index (χ0v) is 12.3. The zero-order valence-electron chi connectivity index (χ0n) is 11.6. The highest BCUT2D eigenvalue weighted by Gasteiger charge is 2.34. The van der Waals surface area contributed by atoms with Crippen molar-refractivity contribution in [2.24, 2.45) is 13.0 Å². The first-order valence-corrected chi connectivity index (χ1v) is 7.66. The molecule has 6 heteroatoms. The largest absolute Gasteiger partial charge is 0.293 e. The van der Waals surface area contributed by atoms with Gasteiger partial charge in [0, 0.05) is 19.6 Å². The molecule has 2 saturated carbocycles. The number of aryl methyl sites for hydroxylation is 1. The summed E-state index contributed by atoms with van der Waals surface area (Å²) in [6.45, 7) is 2.00. The minimum absolute atomic E-state index is 0.514. The molecule has 0 amide bonds. The van der Waals surface area contributed by atoms with E-state index in [9.17, 15) is 0 Å². The molecule has 2 aromatic heterocycles. The van der Waals surface area contributed by atoms with Gasteiger partial charge in [-0.25, -0.2) is 9.97 Å². The van der Waals surface area contributed by atoms with Crippen molar-refractivity contribution in [2.75, 3.05) is 6.54 Å². The first-order chi connectivity index (χ1) is 9.70. The van der Waals surface area contributed by atoms with E-state index in [1.807, 2.05) is 7.05 Å². The average Bonchev–Trinajstić information content (AvgIpc) is 3.31.